The van der Waals surface area contributed by atoms with Crippen LogP contribution in [0.4, 0.5) is 0 Å². The third-order valence-electron chi connectivity index (χ3n) is 2.62. The number of aryl methyl sites for hydroxylation is 1. The van der Waals surface area contributed by atoms with E-state index in [4.69, 9.17) is 0 Å². The normalized spacial score (nSPS) is 20.8. The minimum atomic E-state index is -0.0926. The molecule has 0 spiro atoms. The van der Waals surface area contributed by atoms with Crippen molar-refractivity contribution in [3.05, 3.63) is 34.9 Å². The quantitative estimate of drug-likeness (QED) is 0.653. The number of hydrogen-bond donors (Lipinski definition) is 1. The van der Waals surface area contributed by atoms with Crippen LogP contribution in [0.3, 0.4) is 0 Å². The van der Waals surface area contributed by atoms with E-state index in [1.807, 2.05) is 0 Å². The molecule has 13 heavy (non-hydrogen) atoms. The molecule has 0 fully saturated rings. The molecule has 1 atom stereocenters. The highest BCUT2D eigenvalue weighted by molar-refractivity contribution is 5.64. The highest BCUT2D eigenvalue weighted by atomic mass is 16.1. The summed E-state index contributed by atoms with van der Waals surface area (Å²) in [6, 6.07) is 6.13. The van der Waals surface area contributed by atoms with Gasteiger partial charge in [0, 0.05) is 6.54 Å². The molecule has 2 rings (SSSR count). The van der Waals surface area contributed by atoms with Gasteiger partial charge in [-0.2, -0.15) is 0 Å². The molecule has 0 saturated carbocycles. The van der Waals surface area contributed by atoms with E-state index in [2.05, 4.69) is 30.4 Å². The van der Waals surface area contributed by atoms with E-state index in [1.165, 1.54) is 16.7 Å². The summed E-state index contributed by atoms with van der Waals surface area (Å²) in [7, 11) is 0. The number of hydrogen-bond acceptors (Lipinski definition) is 2. The Morgan fingerprint density at radius 2 is 2.38 bits per heavy atom. The molecule has 0 bridgehead atoms. The van der Waals surface area contributed by atoms with Crippen molar-refractivity contribution >= 4 is 6.29 Å². The van der Waals surface area contributed by atoms with Crippen LogP contribution in [0, 0.1) is 6.92 Å². The van der Waals surface area contributed by atoms with E-state index in [0.717, 1.165) is 19.3 Å². The Bertz CT molecular complexity index is 333. The van der Waals surface area contributed by atoms with Gasteiger partial charge in [-0.15, -0.1) is 0 Å². The molecule has 0 aliphatic carbocycles. The van der Waals surface area contributed by atoms with E-state index in [0.29, 0.717) is 0 Å². The molecular weight excluding hydrogens is 162 g/mol. The van der Waals surface area contributed by atoms with E-state index in [9.17, 15) is 4.79 Å². The Hall–Kier alpha value is -1.15. The van der Waals surface area contributed by atoms with Crippen LogP contribution in [0.25, 0.3) is 0 Å². The molecule has 0 radical (unpaired) electrons. The fraction of sp³-hybridized carbons (Fsp3) is 0.364. The average Bonchev–Trinajstić information content (AvgIpc) is 2.17. The van der Waals surface area contributed by atoms with Crippen LogP contribution in [0.2, 0.25) is 0 Å². The molecule has 0 amide bonds. The Labute approximate surface area is 78.0 Å². The molecule has 1 unspecified atom stereocenters. The molecule has 1 aliphatic rings. The van der Waals surface area contributed by atoms with Gasteiger partial charge in [-0.1, -0.05) is 18.2 Å². The molecule has 2 heteroatoms. The summed E-state index contributed by atoms with van der Waals surface area (Å²) in [5, 5.41) is 3.20. The van der Waals surface area contributed by atoms with Crippen molar-refractivity contribution in [2.24, 2.45) is 0 Å². The van der Waals surface area contributed by atoms with Crippen molar-refractivity contribution in [2.75, 3.05) is 6.54 Å². The van der Waals surface area contributed by atoms with E-state index in [-0.39, 0.29) is 6.04 Å². The van der Waals surface area contributed by atoms with Crippen molar-refractivity contribution in [2.45, 2.75) is 19.4 Å². The molecule has 1 aliphatic heterocycles. The van der Waals surface area contributed by atoms with Gasteiger partial charge in [-0.05, 0) is 30.0 Å². The Kier molecular flexibility index (Phi) is 2.15. The topological polar surface area (TPSA) is 29.1 Å². The fourth-order valence-electron chi connectivity index (χ4n) is 1.98. The lowest BCUT2D eigenvalue weighted by Crippen LogP contribution is -2.31. The Morgan fingerprint density at radius 3 is 3.15 bits per heavy atom. The molecule has 68 valence electrons. The molecule has 1 N–H and O–H groups in total. The van der Waals surface area contributed by atoms with Crippen LogP contribution < -0.4 is 5.32 Å². The number of aldehydes is 1. The SMILES string of the molecule is Cc1cccc2c1C(C=O)NCC2. The van der Waals surface area contributed by atoms with Crippen LogP contribution in [-0.2, 0) is 11.2 Å². The number of rotatable bonds is 1. The van der Waals surface area contributed by atoms with Gasteiger partial charge in [0.05, 0.1) is 6.04 Å². The smallest absolute Gasteiger partial charge is 0.141 e. The van der Waals surface area contributed by atoms with Crippen molar-refractivity contribution in [1.82, 2.24) is 5.32 Å². The molecule has 1 aromatic rings. The van der Waals surface area contributed by atoms with E-state index >= 15 is 0 Å². The van der Waals surface area contributed by atoms with Gasteiger partial charge in [0.15, 0.2) is 0 Å². The first kappa shape index (κ1) is 8.45. The fourth-order valence-corrected chi connectivity index (χ4v) is 1.98. The third-order valence-corrected chi connectivity index (χ3v) is 2.62. The minimum absolute atomic E-state index is 0.0926. The van der Waals surface area contributed by atoms with Crippen LogP contribution >= 0.6 is 0 Å². The monoisotopic (exact) mass is 175 g/mol. The molecular formula is C11H13NO. The number of fused-ring (bicyclic) bond motifs is 1. The second kappa shape index (κ2) is 3.30. The van der Waals surface area contributed by atoms with Crippen molar-refractivity contribution in [3.8, 4) is 0 Å². The van der Waals surface area contributed by atoms with Crippen molar-refractivity contribution < 1.29 is 4.79 Å². The first-order valence-corrected chi connectivity index (χ1v) is 4.60. The van der Waals surface area contributed by atoms with Gasteiger partial charge in [-0.25, -0.2) is 0 Å². The van der Waals surface area contributed by atoms with Crippen LogP contribution in [0.5, 0.6) is 0 Å². The lowest BCUT2D eigenvalue weighted by atomic mass is 9.91. The number of carbonyl (C=O) groups is 1. The second-order valence-electron chi connectivity index (χ2n) is 3.47. The molecule has 1 aromatic carbocycles. The Morgan fingerprint density at radius 1 is 1.54 bits per heavy atom. The highest BCUT2D eigenvalue weighted by Crippen LogP contribution is 2.24. The minimum Gasteiger partial charge on any atom is -0.304 e. The van der Waals surface area contributed by atoms with Crippen molar-refractivity contribution in [3.63, 3.8) is 0 Å². The lowest BCUT2D eigenvalue weighted by molar-refractivity contribution is -0.109. The summed E-state index contributed by atoms with van der Waals surface area (Å²) in [4.78, 5) is 10.8. The number of nitrogens with one attached hydrogen (secondary N) is 1. The average molecular weight is 175 g/mol. The van der Waals surface area contributed by atoms with Gasteiger partial charge >= 0.3 is 0 Å². The molecule has 2 nitrogen and oxygen atoms in total. The molecule has 1 heterocycles. The highest BCUT2D eigenvalue weighted by Gasteiger charge is 2.19. The van der Waals surface area contributed by atoms with Gasteiger partial charge in [-0.3, -0.25) is 0 Å². The zero-order chi connectivity index (χ0) is 9.26. The number of carbonyl (C=O) groups excluding carboxylic acids is 1. The predicted molar refractivity (Wildman–Crippen MR) is 51.7 cm³/mol. The van der Waals surface area contributed by atoms with Gasteiger partial charge in [0.2, 0.25) is 0 Å². The zero-order valence-electron chi connectivity index (χ0n) is 7.71. The number of benzene rings is 1. The molecule has 0 saturated heterocycles. The van der Waals surface area contributed by atoms with E-state index < -0.39 is 0 Å². The summed E-state index contributed by atoms with van der Waals surface area (Å²) in [6.07, 6.45) is 2.02. The summed E-state index contributed by atoms with van der Waals surface area (Å²) < 4.78 is 0. The van der Waals surface area contributed by atoms with E-state index in [1.54, 1.807) is 0 Å². The second-order valence-corrected chi connectivity index (χ2v) is 3.47. The molecule has 0 aromatic heterocycles. The summed E-state index contributed by atoms with van der Waals surface area (Å²) >= 11 is 0. The Balaban J connectivity index is 2.53. The summed E-state index contributed by atoms with van der Waals surface area (Å²) in [6.45, 7) is 2.96. The zero-order valence-corrected chi connectivity index (χ0v) is 7.71. The third kappa shape index (κ3) is 1.38. The standard InChI is InChI=1S/C11H13NO/c1-8-3-2-4-9-5-6-12-10(7-13)11(8)9/h2-4,7,10,12H,5-6H2,1H3. The van der Waals surface area contributed by atoms with Crippen LogP contribution in [0.15, 0.2) is 18.2 Å². The lowest BCUT2D eigenvalue weighted by Gasteiger charge is -2.24. The maximum absolute atomic E-state index is 10.8. The summed E-state index contributed by atoms with van der Waals surface area (Å²) in [5.41, 5.74) is 3.71. The van der Waals surface area contributed by atoms with Crippen LogP contribution in [-0.4, -0.2) is 12.8 Å². The predicted octanol–water partition coefficient (Wildman–Crippen LogP) is 1.38. The first-order chi connectivity index (χ1) is 6.33. The maximum Gasteiger partial charge on any atom is 0.141 e. The van der Waals surface area contributed by atoms with Crippen molar-refractivity contribution in [1.29, 1.82) is 0 Å². The van der Waals surface area contributed by atoms with Crippen LogP contribution in [0.1, 0.15) is 22.7 Å². The summed E-state index contributed by atoms with van der Waals surface area (Å²) in [5.74, 6) is 0. The maximum atomic E-state index is 10.8. The van der Waals surface area contributed by atoms with Gasteiger partial charge in [0.25, 0.3) is 0 Å². The van der Waals surface area contributed by atoms with Gasteiger partial charge < -0.3 is 10.1 Å². The van der Waals surface area contributed by atoms with Gasteiger partial charge in [0.1, 0.15) is 6.29 Å². The largest absolute Gasteiger partial charge is 0.304 e. The first-order valence-electron chi connectivity index (χ1n) is 4.60.